The quantitative estimate of drug-likeness (QED) is 0.144. The van der Waals surface area contributed by atoms with Crippen molar-refractivity contribution < 1.29 is 70.9 Å². The molecule has 15 nitrogen and oxygen atoms in total. The Bertz CT molecular complexity index is 1080. The van der Waals surface area contributed by atoms with Crippen molar-refractivity contribution in [1.82, 2.24) is 0 Å². The number of fused-ring (bicyclic) bond motifs is 6. The molecule has 1 saturated carbocycles. The summed E-state index contributed by atoms with van der Waals surface area (Å²) in [7, 11) is 7.88. The molecule has 6 aliphatic rings. The zero-order valence-electron chi connectivity index (χ0n) is 20.6. The summed E-state index contributed by atoms with van der Waals surface area (Å²) in [5.41, 5.74) is -4.36. The summed E-state index contributed by atoms with van der Waals surface area (Å²) in [6.07, 6.45) is -4.54. The number of aliphatic hydroxyl groups is 2. The van der Waals surface area contributed by atoms with Crippen LogP contribution in [-0.4, -0.2) is 142 Å². The van der Waals surface area contributed by atoms with Crippen LogP contribution in [0.1, 0.15) is 12.8 Å². The first-order valence-electron chi connectivity index (χ1n) is 12.4. The third-order valence-corrected chi connectivity index (χ3v) is 10.3. The molecule has 0 spiro atoms. The first kappa shape index (κ1) is 29.2. The van der Waals surface area contributed by atoms with Crippen molar-refractivity contribution in [2.75, 3.05) is 33.0 Å². The fourth-order valence-corrected chi connectivity index (χ4v) is 8.41. The van der Waals surface area contributed by atoms with Gasteiger partial charge in [-0.3, -0.25) is 18.1 Å². The highest BCUT2D eigenvalue weighted by atomic mass is 31.2. The highest BCUT2D eigenvalue weighted by Crippen LogP contribution is 2.57. The lowest BCUT2D eigenvalue weighted by Crippen LogP contribution is -2.47. The maximum absolute atomic E-state index is 12.9. The van der Waals surface area contributed by atoms with Gasteiger partial charge >= 0.3 is 15.6 Å². The molecular formula is C19H27B3O15P2. The maximum atomic E-state index is 12.9. The summed E-state index contributed by atoms with van der Waals surface area (Å²) >= 11 is 0. The van der Waals surface area contributed by atoms with Crippen LogP contribution >= 0.6 is 15.6 Å². The van der Waals surface area contributed by atoms with Crippen LogP contribution in [0.25, 0.3) is 0 Å². The van der Waals surface area contributed by atoms with Crippen LogP contribution in [-0.2, 0) is 50.9 Å². The Morgan fingerprint density at radius 1 is 0.795 bits per heavy atom. The molecule has 0 amide bonds. The summed E-state index contributed by atoms with van der Waals surface area (Å²) < 4.78 is 74.5. The highest BCUT2D eigenvalue weighted by Gasteiger charge is 2.65. The maximum Gasteiger partial charge on any atom is 0.472 e. The van der Waals surface area contributed by atoms with Crippen LogP contribution in [0.15, 0.2) is 0 Å². The minimum absolute atomic E-state index is 0.110. The van der Waals surface area contributed by atoms with Gasteiger partial charge < -0.3 is 43.7 Å². The molecule has 4 N–H and O–H groups in total. The monoisotopic (exact) mass is 590 g/mol. The predicted octanol–water partition coefficient (Wildman–Crippen LogP) is -2.66. The van der Waals surface area contributed by atoms with Crippen LogP contribution < -0.4 is 0 Å². The molecule has 14 atom stereocenters. The largest absolute Gasteiger partial charge is 0.472 e. The molecule has 6 fully saturated rings. The lowest BCUT2D eigenvalue weighted by atomic mass is 9.86. The molecule has 6 radical (unpaired) electrons. The number of hydrogen-bond donors (Lipinski definition) is 4. The predicted molar refractivity (Wildman–Crippen MR) is 127 cm³/mol. The molecule has 5 saturated heterocycles. The van der Waals surface area contributed by atoms with E-state index >= 15 is 0 Å². The van der Waals surface area contributed by atoms with E-state index in [2.05, 4.69) is 0 Å². The van der Waals surface area contributed by atoms with Crippen LogP contribution in [0, 0.1) is 5.92 Å². The van der Waals surface area contributed by atoms with Crippen molar-refractivity contribution in [3.8, 4) is 0 Å². The van der Waals surface area contributed by atoms with E-state index in [-0.39, 0.29) is 19.1 Å². The smallest absolute Gasteiger partial charge is 0.393 e. The van der Waals surface area contributed by atoms with E-state index in [1.807, 2.05) is 0 Å². The van der Waals surface area contributed by atoms with Gasteiger partial charge in [0.05, 0.1) is 39.1 Å². The zero-order valence-corrected chi connectivity index (χ0v) is 22.3. The fourth-order valence-electron chi connectivity index (χ4n) is 6.33. The first-order chi connectivity index (χ1) is 18.2. The van der Waals surface area contributed by atoms with E-state index in [1.165, 1.54) is 0 Å². The topological polar surface area (TPSA) is 198 Å². The van der Waals surface area contributed by atoms with Crippen molar-refractivity contribution in [1.29, 1.82) is 0 Å². The molecule has 11 unspecified atom stereocenters. The van der Waals surface area contributed by atoms with Gasteiger partial charge in [-0.25, -0.2) is 9.13 Å². The van der Waals surface area contributed by atoms with Gasteiger partial charge in [-0.15, -0.1) is 0 Å². The van der Waals surface area contributed by atoms with Crippen molar-refractivity contribution >= 4 is 39.2 Å². The highest BCUT2D eigenvalue weighted by molar-refractivity contribution is 7.47. The van der Waals surface area contributed by atoms with Gasteiger partial charge in [-0.05, 0) is 12.8 Å². The SMILES string of the molecule is [B]C1O[C@@]2(COP(=O)(O)OC3C4OC[C@]3(COP(=O)(O)OC3C5OC[C@]3(CO)OC5[B])OC4[B])CCC1C2O. The van der Waals surface area contributed by atoms with Crippen LogP contribution in [0.5, 0.6) is 0 Å². The van der Waals surface area contributed by atoms with Crippen molar-refractivity contribution in [3.05, 3.63) is 0 Å². The van der Waals surface area contributed by atoms with Crippen molar-refractivity contribution in [3.63, 3.8) is 0 Å². The third kappa shape index (κ3) is 4.77. The number of ether oxygens (including phenoxy) is 5. The van der Waals surface area contributed by atoms with Crippen LogP contribution in [0.2, 0.25) is 0 Å². The minimum atomic E-state index is -4.87. The third-order valence-electron chi connectivity index (χ3n) is 8.41. The second-order valence-electron chi connectivity index (χ2n) is 10.8. The van der Waals surface area contributed by atoms with Crippen LogP contribution in [0.3, 0.4) is 0 Å². The van der Waals surface area contributed by atoms with E-state index in [9.17, 15) is 29.1 Å². The summed E-state index contributed by atoms with van der Waals surface area (Å²) in [4.78, 5) is 20.9. The number of hydrogen-bond acceptors (Lipinski definition) is 13. The Kier molecular flexibility index (Phi) is 7.37. The molecule has 39 heavy (non-hydrogen) atoms. The average molecular weight is 590 g/mol. The van der Waals surface area contributed by atoms with Gasteiger partial charge in [0.2, 0.25) is 0 Å². The molecule has 5 heterocycles. The summed E-state index contributed by atoms with van der Waals surface area (Å²) in [6.45, 7) is -2.13. The Labute approximate surface area is 227 Å². The Balaban J connectivity index is 1.10. The second-order valence-corrected chi connectivity index (χ2v) is 13.6. The summed E-state index contributed by atoms with van der Waals surface area (Å²) in [5, 5.41) is 20.2. The lowest BCUT2D eigenvalue weighted by Gasteiger charge is -2.33. The molecule has 6 rings (SSSR count). The Hall–Kier alpha value is 0.135. The van der Waals surface area contributed by atoms with Crippen molar-refractivity contribution in [2.45, 2.75) is 78.2 Å². The van der Waals surface area contributed by atoms with E-state index in [0.29, 0.717) is 12.8 Å². The van der Waals surface area contributed by atoms with Gasteiger partial charge in [-0.1, -0.05) is 0 Å². The van der Waals surface area contributed by atoms with Gasteiger partial charge in [0.1, 0.15) is 64.8 Å². The second kappa shape index (κ2) is 9.83. The zero-order chi connectivity index (χ0) is 28.0. The Morgan fingerprint density at radius 3 is 1.77 bits per heavy atom. The molecule has 212 valence electrons. The van der Waals surface area contributed by atoms with Gasteiger partial charge in [0.15, 0.2) is 0 Å². The molecule has 6 bridgehead atoms. The average Bonchev–Trinajstić information content (AvgIpc) is 3.65. The number of rotatable bonds is 11. The molecule has 0 aromatic heterocycles. The fraction of sp³-hybridized carbons (Fsp3) is 1.00. The molecule has 0 aromatic rings. The molecule has 20 heteroatoms. The summed E-state index contributed by atoms with van der Waals surface area (Å²) in [6, 6.07) is -2.84. The number of phosphoric acid groups is 2. The molecule has 5 aliphatic heterocycles. The molecule has 1 aliphatic carbocycles. The van der Waals surface area contributed by atoms with Gasteiger partial charge in [0.25, 0.3) is 0 Å². The van der Waals surface area contributed by atoms with E-state index in [0.717, 1.165) is 0 Å². The first-order valence-corrected chi connectivity index (χ1v) is 15.4. The van der Waals surface area contributed by atoms with Gasteiger partial charge in [-0.2, -0.15) is 0 Å². The van der Waals surface area contributed by atoms with Crippen LogP contribution in [0.4, 0.5) is 0 Å². The van der Waals surface area contributed by atoms with E-state index < -0.39 is 101 Å². The number of phosphoric ester groups is 2. The van der Waals surface area contributed by atoms with E-state index in [4.69, 9.17) is 65.3 Å². The standard InChI is InChI=1S/C19H27B3O15P2/c20-14-8-1-2-17(33-14,11(8)24)6-31-38(25,26)37-13-10-16(22)35-19(13,5-30-10)7-32-39(27,28)36-12-9-15(21)34-18(12,3-23)4-29-9/h8-16,23-24H,1-7H2,(H,25,26)(H,27,28)/t8?,9?,10?,11?,12?,13?,14?,15?,16?,17-,18+,19-/m1/s1. The van der Waals surface area contributed by atoms with E-state index in [1.54, 1.807) is 0 Å². The molecule has 0 aromatic carbocycles. The normalized spacial score (nSPS) is 52.9. The Morgan fingerprint density at radius 2 is 1.28 bits per heavy atom. The lowest BCUT2D eigenvalue weighted by molar-refractivity contribution is -0.141. The van der Waals surface area contributed by atoms with Crippen molar-refractivity contribution in [2.24, 2.45) is 5.92 Å². The number of aliphatic hydroxyl groups excluding tert-OH is 2. The van der Waals surface area contributed by atoms with Gasteiger partial charge in [0, 0.05) is 23.9 Å². The molecular weight excluding hydrogens is 563 g/mol. The summed E-state index contributed by atoms with van der Waals surface area (Å²) in [5.74, 6) is -0.310. The minimum Gasteiger partial charge on any atom is -0.393 e.